The second-order valence-electron chi connectivity index (χ2n) is 4.65. The maximum Gasteiger partial charge on any atom is 0.247 e. The largest absolute Gasteiger partial charge is 0.396 e. The summed E-state index contributed by atoms with van der Waals surface area (Å²) in [7, 11) is 0. The van der Waals surface area contributed by atoms with Gasteiger partial charge in [0.15, 0.2) is 0 Å². The average molecular weight is 279 g/mol. The van der Waals surface area contributed by atoms with Crippen molar-refractivity contribution in [3.8, 4) is 0 Å². The Morgan fingerprint density at radius 1 is 1.21 bits per heavy atom. The number of nitrogens with zero attached hydrogens (tertiary/aromatic N) is 1. The molecule has 2 unspecified atom stereocenters. The van der Waals surface area contributed by atoms with Crippen molar-refractivity contribution in [2.75, 3.05) is 17.3 Å². The zero-order chi connectivity index (χ0) is 14.0. The molecule has 1 aromatic rings. The van der Waals surface area contributed by atoms with Crippen LogP contribution >= 0.6 is 11.8 Å². The Balaban J connectivity index is 2.24. The Hall–Kier alpha value is -1.33. The molecule has 1 heterocycles. The topological polar surface area (TPSA) is 57.6 Å². The van der Waals surface area contributed by atoms with Crippen molar-refractivity contribution in [2.45, 2.75) is 19.1 Å². The van der Waals surface area contributed by atoms with Gasteiger partial charge < -0.3 is 5.11 Å². The van der Waals surface area contributed by atoms with Gasteiger partial charge in [0.25, 0.3) is 0 Å². The molecule has 2 amide bonds. The summed E-state index contributed by atoms with van der Waals surface area (Å²) >= 11 is 1.34. The van der Waals surface area contributed by atoms with Gasteiger partial charge in [-0.2, -0.15) is 0 Å². The van der Waals surface area contributed by atoms with Crippen LogP contribution in [-0.2, 0) is 9.59 Å². The number of hydrogen-bond donors (Lipinski definition) is 1. The number of anilines is 1. The number of aliphatic hydroxyl groups excluding tert-OH is 1. The number of imide groups is 1. The van der Waals surface area contributed by atoms with Gasteiger partial charge in [-0.15, -0.1) is 11.8 Å². The van der Waals surface area contributed by atoms with E-state index in [4.69, 9.17) is 5.11 Å². The third-order valence-corrected chi connectivity index (χ3v) is 4.60. The van der Waals surface area contributed by atoms with E-state index in [1.54, 1.807) is 19.1 Å². The molecule has 1 aliphatic heterocycles. The van der Waals surface area contributed by atoms with Crippen LogP contribution in [0.4, 0.5) is 5.69 Å². The predicted octanol–water partition coefficient (Wildman–Crippen LogP) is 1.60. The fourth-order valence-electron chi connectivity index (χ4n) is 2.13. The molecule has 19 heavy (non-hydrogen) atoms. The van der Waals surface area contributed by atoms with Gasteiger partial charge in [-0.3, -0.25) is 9.59 Å². The number of hydrogen-bond acceptors (Lipinski definition) is 4. The zero-order valence-electron chi connectivity index (χ0n) is 11.0. The van der Waals surface area contributed by atoms with Crippen molar-refractivity contribution in [3.63, 3.8) is 0 Å². The third kappa shape index (κ3) is 2.67. The van der Waals surface area contributed by atoms with E-state index in [0.29, 0.717) is 11.4 Å². The molecule has 1 fully saturated rings. The Morgan fingerprint density at radius 2 is 1.84 bits per heavy atom. The lowest BCUT2D eigenvalue weighted by Gasteiger charge is -2.14. The molecule has 0 spiro atoms. The first-order valence-corrected chi connectivity index (χ1v) is 7.28. The molecule has 0 bridgehead atoms. The molecule has 102 valence electrons. The molecule has 4 nitrogen and oxygen atoms in total. The van der Waals surface area contributed by atoms with Crippen LogP contribution in [-0.4, -0.2) is 34.5 Å². The van der Waals surface area contributed by atoms with Crippen molar-refractivity contribution < 1.29 is 14.7 Å². The van der Waals surface area contributed by atoms with Crippen molar-refractivity contribution in [2.24, 2.45) is 5.92 Å². The number of benzene rings is 1. The summed E-state index contributed by atoms with van der Waals surface area (Å²) < 4.78 is 0. The normalized spacial score (nSPS) is 23.2. The maximum absolute atomic E-state index is 12.3. The highest BCUT2D eigenvalue weighted by atomic mass is 32.2. The van der Waals surface area contributed by atoms with Gasteiger partial charge in [0, 0.05) is 5.75 Å². The smallest absolute Gasteiger partial charge is 0.247 e. The Morgan fingerprint density at radius 3 is 2.42 bits per heavy atom. The molecular formula is C14H17NO3S. The van der Waals surface area contributed by atoms with Crippen molar-refractivity contribution in [1.82, 2.24) is 0 Å². The standard InChI is InChI=1S/C14H17NO3S/c1-9-3-5-11(6-4-9)15-13(17)10(2)12(14(15)18)19-8-7-16/h3-6,10,12,16H,7-8H2,1-2H3. The molecule has 1 saturated heterocycles. The highest BCUT2D eigenvalue weighted by Crippen LogP contribution is 2.33. The maximum atomic E-state index is 12.3. The van der Waals surface area contributed by atoms with E-state index in [1.165, 1.54) is 16.7 Å². The summed E-state index contributed by atoms with van der Waals surface area (Å²) in [6, 6.07) is 7.34. The Labute approximate surface area is 116 Å². The van der Waals surface area contributed by atoms with Gasteiger partial charge in [-0.05, 0) is 19.1 Å². The molecule has 1 aromatic carbocycles. The van der Waals surface area contributed by atoms with E-state index >= 15 is 0 Å². The van der Waals surface area contributed by atoms with Crippen LogP contribution in [0.25, 0.3) is 0 Å². The summed E-state index contributed by atoms with van der Waals surface area (Å²) in [6.45, 7) is 3.74. The van der Waals surface area contributed by atoms with Gasteiger partial charge in [0.05, 0.1) is 23.5 Å². The van der Waals surface area contributed by atoms with Crippen LogP contribution in [0.2, 0.25) is 0 Å². The SMILES string of the molecule is Cc1ccc(N2C(=O)C(C)C(SCCO)C2=O)cc1. The average Bonchev–Trinajstić information content (AvgIpc) is 2.60. The minimum atomic E-state index is -0.388. The highest BCUT2D eigenvalue weighted by molar-refractivity contribution is 8.00. The Bertz CT molecular complexity index is 486. The lowest BCUT2D eigenvalue weighted by Crippen LogP contribution is -2.31. The zero-order valence-corrected chi connectivity index (χ0v) is 11.8. The minimum Gasteiger partial charge on any atom is -0.396 e. The fourth-order valence-corrected chi connectivity index (χ4v) is 3.14. The lowest BCUT2D eigenvalue weighted by atomic mass is 10.1. The quantitative estimate of drug-likeness (QED) is 0.851. The first-order chi connectivity index (χ1) is 9.06. The van der Waals surface area contributed by atoms with Crippen molar-refractivity contribution >= 4 is 29.3 Å². The number of thioether (sulfide) groups is 1. The van der Waals surface area contributed by atoms with Gasteiger partial charge in [-0.25, -0.2) is 4.90 Å². The van der Waals surface area contributed by atoms with Gasteiger partial charge >= 0.3 is 0 Å². The van der Waals surface area contributed by atoms with Crippen molar-refractivity contribution in [1.29, 1.82) is 0 Å². The molecular weight excluding hydrogens is 262 g/mol. The number of aryl methyl sites for hydroxylation is 1. The monoisotopic (exact) mass is 279 g/mol. The molecule has 1 N–H and O–H groups in total. The molecule has 0 saturated carbocycles. The van der Waals surface area contributed by atoms with Crippen LogP contribution in [0.5, 0.6) is 0 Å². The fraction of sp³-hybridized carbons (Fsp3) is 0.429. The molecule has 0 aromatic heterocycles. The first-order valence-electron chi connectivity index (χ1n) is 6.23. The third-order valence-electron chi connectivity index (χ3n) is 3.21. The van der Waals surface area contributed by atoms with E-state index in [2.05, 4.69) is 0 Å². The predicted molar refractivity (Wildman–Crippen MR) is 76.2 cm³/mol. The molecule has 5 heteroatoms. The van der Waals surface area contributed by atoms with Crippen LogP contribution in [0, 0.1) is 12.8 Å². The summed E-state index contributed by atoms with van der Waals surface area (Å²) in [5.41, 5.74) is 1.71. The van der Waals surface area contributed by atoms with Gasteiger partial charge in [-0.1, -0.05) is 24.6 Å². The second-order valence-corrected chi connectivity index (χ2v) is 5.90. The van der Waals surface area contributed by atoms with Crippen LogP contribution in [0.1, 0.15) is 12.5 Å². The Kier molecular flexibility index (Phi) is 4.27. The minimum absolute atomic E-state index is 0.0138. The highest BCUT2D eigenvalue weighted by Gasteiger charge is 2.45. The first kappa shape index (κ1) is 14.1. The van der Waals surface area contributed by atoms with Crippen LogP contribution < -0.4 is 4.90 Å². The summed E-state index contributed by atoms with van der Waals surface area (Å²) in [5.74, 6) is -0.218. The lowest BCUT2D eigenvalue weighted by molar-refractivity contribution is -0.122. The molecule has 0 radical (unpaired) electrons. The molecule has 0 aliphatic carbocycles. The summed E-state index contributed by atoms with van der Waals surface area (Å²) in [4.78, 5) is 25.8. The number of rotatable bonds is 4. The van der Waals surface area contributed by atoms with Crippen molar-refractivity contribution in [3.05, 3.63) is 29.8 Å². The van der Waals surface area contributed by atoms with E-state index in [1.807, 2.05) is 19.1 Å². The van der Waals surface area contributed by atoms with Gasteiger partial charge in [0.2, 0.25) is 11.8 Å². The second kappa shape index (κ2) is 5.75. The number of carbonyl (C=O) groups excluding carboxylic acids is 2. The van der Waals surface area contributed by atoms with E-state index < -0.39 is 0 Å². The van der Waals surface area contributed by atoms with E-state index in [-0.39, 0.29) is 29.6 Å². The van der Waals surface area contributed by atoms with E-state index in [0.717, 1.165) is 5.56 Å². The number of aliphatic hydroxyl groups is 1. The van der Waals surface area contributed by atoms with Crippen LogP contribution in [0.15, 0.2) is 24.3 Å². The molecule has 2 atom stereocenters. The molecule has 2 rings (SSSR count). The summed E-state index contributed by atoms with van der Waals surface area (Å²) in [6.07, 6.45) is 0. The number of carbonyl (C=O) groups is 2. The van der Waals surface area contributed by atoms with Gasteiger partial charge in [0.1, 0.15) is 0 Å². The van der Waals surface area contributed by atoms with Crippen LogP contribution in [0.3, 0.4) is 0 Å². The molecule has 1 aliphatic rings. The number of amides is 2. The summed E-state index contributed by atoms with van der Waals surface area (Å²) in [5, 5.41) is 8.46. The van der Waals surface area contributed by atoms with E-state index in [9.17, 15) is 9.59 Å².